The highest BCUT2D eigenvalue weighted by molar-refractivity contribution is 6.05. The van der Waals surface area contributed by atoms with Crippen molar-refractivity contribution in [2.45, 2.75) is 44.5 Å². The van der Waals surface area contributed by atoms with Gasteiger partial charge in [0.05, 0.1) is 5.56 Å². The van der Waals surface area contributed by atoms with Crippen LogP contribution in [0.2, 0.25) is 0 Å². The summed E-state index contributed by atoms with van der Waals surface area (Å²) < 4.78 is 145. The Bertz CT molecular complexity index is 1040. The number of alkyl halides is 10. The molecule has 0 atom stereocenters. The number of carbonyl (C=O) groups excluding carboxylic acids is 1. The molecule has 0 unspecified atom stereocenters. The molecule has 1 N–H and O–H groups in total. The Labute approximate surface area is 179 Å². The number of carbonyl (C=O) groups is 1. The molecule has 0 heterocycles. The number of anilines is 1. The maximum Gasteiger partial charge on any atom is 0.435 e. The number of nitrogens with one attached hydrogen (secondary N) is 1. The lowest BCUT2D eigenvalue weighted by Crippen LogP contribution is -2.50. The van der Waals surface area contributed by atoms with Crippen LogP contribution < -0.4 is 5.32 Å². The molecule has 0 fully saturated rings. The molecule has 33 heavy (non-hydrogen) atoms. The molecular formula is C20H14F11NO. The fourth-order valence-electron chi connectivity index (χ4n) is 3.07. The molecule has 2 aromatic rings. The van der Waals surface area contributed by atoms with Crippen LogP contribution >= 0.6 is 0 Å². The molecule has 2 rings (SSSR count). The van der Waals surface area contributed by atoms with E-state index in [0.29, 0.717) is 12.1 Å². The van der Waals surface area contributed by atoms with E-state index in [4.69, 9.17) is 0 Å². The van der Waals surface area contributed by atoms with Gasteiger partial charge in [0.25, 0.3) is 5.91 Å². The molecule has 0 bridgehead atoms. The molecule has 2 nitrogen and oxygen atoms in total. The van der Waals surface area contributed by atoms with E-state index in [2.05, 4.69) is 5.32 Å². The van der Waals surface area contributed by atoms with Gasteiger partial charge >= 0.3 is 24.2 Å². The Kier molecular flexibility index (Phi) is 6.79. The average molecular weight is 493 g/mol. The number of hydrogen-bond acceptors (Lipinski definition) is 1. The third-order valence-electron chi connectivity index (χ3n) is 4.75. The molecule has 0 aliphatic rings. The van der Waals surface area contributed by atoms with Gasteiger partial charge in [0.2, 0.25) is 0 Å². The van der Waals surface area contributed by atoms with Crippen molar-refractivity contribution in [2.24, 2.45) is 0 Å². The molecule has 0 spiro atoms. The van der Waals surface area contributed by atoms with Crippen LogP contribution in [0.3, 0.4) is 0 Å². The van der Waals surface area contributed by atoms with E-state index in [1.165, 1.54) is 6.92 Å². The van der Waals surface area contributed by atoms with Gasteiger partial charge in [-0.15, -0.1) is 0 Å². The minimum absolute atomic E-state index is 0.194. The molecule has 0 aliphatic heterocycles. The summed E-state index contributed by atoms with van der Waals surface area (Å²) in [7, 11) is 0. The lowest BCUT2D eigenvalue weighted by atomic mass is 9.89. The SMILES string of the molecule is CCc1cc(C(F)(C(F)(F)F)C(F)(F)F)cc(C)c1NC(=O)c1ccc(F)c(C(F)(F)F)c1. The molecular weight excluding hydrogens is 479 g/mol. The third kappa shape index (κ3) is 4.91. The lowest BCUT2D eigenvalue weighted by molar-refractivity contribution is -0.348. The molecule has 1 amide bonds. The van der Waals surface area contributed by atoms with Crippen molar-refractivity contribution in [3.8, 4) is 0 Å². The first kappa shape index (κ1) is 26.4. The second kappa shape index (κ2) is 8.49. The molecule has 2 aromatic carbocycles. The fourth-order valence-corrected chi connectivity index (χ4v) is 3.07. The summed E-state index contributed by atoms with van der Waals surface area (Å²) in [6, 6.07) is 1.78. The zero-order chi connectivity index (χ0) is 25.6. The summed E-state index contributed by atoms with van der Waals surface area (Å²) >= 11 is 0. The molecule has 182 valence electrons. The fraction of sp³-hybridized carbons (Fsp3) is 0.350. The highest BCUT2D eigenvalue weighted by Gasteiger charge is 2.73. The standard InChI is InChI=1S/C20H14F11NO/c1-3-10-7-12(17(22,19(26,27)28)20(29,30)31)6-9(2)15(10)32-16(33)11-4-5-14(21)13(8-11)18(23,24)25/h4-8H,3H2,1-2H3,(H,32,33). The zero-order valence-electron chi connectivity index (χ0n) is 16.7. The Hall–Kier alpha value is -2.86. The van der Waals surface area contributed by atoms with Gasteiger partial charge in [-0.05, 0) is 48.7 Å². The summed E-state index contributed by atoms with van der Waals surface area (Å²) in [5.74, 6) is -2.91. The number of amides is 1. The van der Waals surface area contributed by atoms with E-state index in [1.54, 1.807) is 0 Å². The number of rotatable bonds is 4. The van der Waals surface area contributed by atoms with Crippen molar-refractivity contribution in [3.05, 3.63) is 64.0 Å². The highest BCUT2D eigenvalue weighted by atomic mass is 19.4. The number of hydrogen-bond donors (Lipinski definition) is 1. The summed E-state index contributed by atoms with van der Waals surface area (Å²) in [5.41, 5.74) is -11.0. The van der Waals surface area contributed by atoms with Gasteiger partial charge in [-0.25, -0.2) is 8.78 Å². The first-order chi connectivity index (χ1) is 14.8. The van der Waals surface area contributed by atoms with Gasteiger partial charge < -0.3 is 5.32 Å². The van der Waals surface area contributed by atoms with Gasteiger partial charge in [0.1, 0.15) is 5.82 Å². The number of benzene rings is 2. The Balaban J connectivity index is 2.56. The number of halogens is 11. The van der Waals surface area contributed by atoms with E-state index < -0.39 is 58.2 Å². The molecule has 0 saturated carbocycles. The minimum Gasteiger partial charge on any atom is -0.321 e. The Morgan fingerprint density at radius 2 is 1.42 bits per heavy atom. The van der Waals surface area contributed by atoms with Crippen LogP contribution in [-0.4, -0.2) is 18.3 Å². The first-order valence-electron chi connectivity index (χ1n) is 8.99. The molecule has 0 aromatic heterocycles. The van der Waals surface area contributed by atoms with Crippen LogP contribution in [0, 0.1) is 12.7 Å². The Morgan fingerprint density at radius 3 is 1.88 bits per heavy atom. The summed E-state index contributed by atoms with van der Waals surface area (Å²) in [6.45, 7) is 2.27. The van der Waals surface area contributed by atoms with Crippen LogP contribution in [0.15, 0.2) is 30.3 Å². The normalized spacial score (nSPS) is 13.2. The number of aryl methyl sites for hydroxylation is 2. The summed E-state index contributed by atoms with van der Waals surface area (Å²) in [6.07, 6.45) is -18.1. The second-order valence-corrected chi connectivity index (χ2v) is 6.98. The maximum atomic E-state index is 14.4. The van der Waals surface area contributed by atoms with Crippen LogP contribution in [0.4, 0.5) is 54.0 Å². The van der Waals surface area contributed by atoms with Crippen molar-refractivity contribution < 1.29 is 53.1 Å². The van der Waals surface area contributed by atoms with Gasteiger partial charge in [0, 0.05) is 16.8 Å². The van der Waals surface area contributed by atoms with Crippen LogP contribution in [0.1, 0.15) is 39.5 Å². The monoisotopic (exact) mass is 493 g/mol. The molecule has 0 radical (unpaired) electrons. The first-order valence-corrected chi connectivity index (χ1v) is 8.99. The zero-order valence-corrected chi connectivity index (χ0v) is 16.7. The van der Waals surface area contributed by atoms with Crippen LogP contribution in [0.25, 0.3) is 0 Å². The van der Waals surface area contributed by atoms with E-state index in [9.17, 15) is 53.1 Å². The van der Waals surface area contributed by atoms with Gasteiger partial charge in [-0.1, -0.05) is 13.0 Å². The van der Waals surface area contributed by atoms with Gasteiger partial charge in [-0.3, -0.25) is 4.79 Å². The predicted octanol–water partition coefficient (Wildman–Crippen LogP) is 7.26. The minimum atomic E-state index is -6.35. The van der Waals surface area contributed by atoms with Crippen molar-refractivity contribution >= 4 is 11.6 Å². The summed E-state index contributed by atoms with van der Waals surface area (Å²) in [4.78, 5) is 12.4. The summed E-state index contributed by atoms with van der Waals surface area (Å²) in [5, 5.41) is 2.09. The van der Waals surface area contributed by atoms with E-state index >= 15 is 0 Å². The molecule has 13 heteroatoms. The van der Waals surface area contributed by atoms with Crippen LogP contribution in [-0.2, 0) is 18.3 Å². The van der Waals surface area contributed by atoms with Crippen molar-refractivity contribution in [2.75, 3.05) is 5.32 Å². The second-order valence-electron chi connectivity index (χ2n) is 6.98. The van der Waals surface area contributed by atoms with E-state index in [1.807, 2.05) is 0 Å². The van der Waals surface area contributed by atoms with Gasteiger partial charge in [-0.2, -0.15) is 39.5 Å². The van der Waals surface area contributed by atoms with E-state index in [-0.39, 0.29) is 35.9 Å². The largest absolute Gasteiger partial charge is 0.435 e. The topological polar surface area (TPSA) is 29.1 Å². The smallest absolute Gasteiger partial charge is 0.321 e. The van der Waals surface area contributed by atoms with Crippen LogP contribution in [0.5, 0.6) is 0 Å². The predicted molar refractivity (Wildman–Crippen MR) is 94.8 cm³/mol. The molecule has 0 aliphatic carbocycles. The van der Waals surface area contributed by atoms with Crippen molar-refractivity contribution in [3.63, 3.8) is 0 Å². The van der Waals surface area contributed by atoms with E-state index in [0.717, 1.165) is 6.92 Å². The molecule has 0 saturated heterocycles. The quantitative estimate of drug-likeness (QED) is 0.447. The average Bonchev–Trinajstić information content (AvgIpc) is 2.66. The highest BCUT2D eigenvalue weighted by Crippen LogP contribution is 2.54. The third-order valence-corrected chi connectivity index (χ3v) is 4.75. The van der Waals surface area contributed by atoms with Crippen molar-refractivity contribution in [1.29, 1.82) is 0 Å². The lowest BCUT2D eigenvalue weighted by Gasteiger charge is -2.31. The van der Waals surface area contributed by atoms with Gasteiger partial charge in [0.15, 0.2) is 0 Å². The maximum absolute atomic E-state index is 14.4. The van der Waals surface area contributed by atoms with Crippen molar-refractivity contribution in [1.82, 2.24) is 0 Å². The Morgan fingerprint density at radius 1 is 0.879 bits per heavy atom.